The average Bonchev–Trinajstić information content (AvgIpc) is 2.42. The molecule has 2 aromatic carbocycles. The summed E-state index contributed by atoms with van der Waals surface area (Å²) < 4.78 is 11.0. The number of ether oxygens (including phenoxy) is 2. The lowest BCUT2D eigenvalue weighted by Crippen LogP contribution is -2.18. The minimum Gasteiger partial charge on any atom is -0.497 e. The van der Waals surface area contributed by atoms with Crippen LogP contribution in [0.5, 0.6) is 17.2 Å². The van der Waals surface area contributed by atoms with E-state index in [-0.39, 0.29) is 6.04 Å². The average molecular weight is 271 g/mol. The Balaban J connectivity index is 2.11. The van der Waals surface area contributed by atoms with Crippen molar-refractivity contribution in [3.8, 4) is 17.2 Å². The Hall–Kier alpha value is -2.00. The number of hydrogen-bond acceptors (Lipinski definition) is 3. The third kappa shape index (κ3) is 3.75. The summed E-state index contributed by atoms with van der Waals surface area (Å²) in [5.74, 6) is 2.45. The summed E-state index contributed by atoms with van der Waals surface area (Å²) in [6, 6.07) is 13.8. The Morgan fingerprint density at radius 1 is 1.00 bits per heavy atom. The van der Waals surface area contributed by atoms with Gasteiger partial charge in [-0.25, -0.2) is 0 Å². The zero-order chi connectivity index (χ0) is 14.5. The fourth-order valence-corrected chi connectivity index (χ4v) is 2.09. The van der Waals surface area contributed by atoms with Crippen LogP contribution >= 0.6 is 0 Å². The van der Waals surface area contributed by atoms with Gasteiger partial charge in [0.15, 0.2) is 0 Å². The number of methoxy groups -OCH3 is 1. The van der Waals surface area contributed by atoms with E-state index in [1.165, 1.54) is 11.1 Å². The van der Waals surface area contributed by atoms with E-state index >= 15 is 0 Å². The lowest BCUT2D eigenvalue weighted by molar-refractivity contribution is 0.413. The molecule has 0 aliphatic rings. The number of aryl methyl sites for hydroxylation is 1. The van der Waals surface area contributed by atoms with Crippen LogP contribution in [-0.2, 0) is 6.42 Å². The summed E-state index contributed by atoms with van der Waals surface area (Å²) >= 11 is 0. The van der Waals surface area contributed by atoms with Crippen molar-refractivity contribution < 1.29 is 9.47 Å². The Kier molecular flexibility index (Phi) is 4.64. The summed E-state index contributed by atoms with van der Waals surface area (Å²) in [5, 5.41) is 0. The largest absolute Gasteiger partial charge is 0.497 e. The van der Waals surface area contributed by atoms with Crippen LogP contribution in [0.2, 0.25) is 0 Å². The molecule has 1 unspecified atom stereocenters. The van der Waals surface area contributed by atoms with Crippen molar-refractivity contribution in [2.45, 2.75) is 26.3 Å². The van der Waals surface area contributed by atoms with Crippen molar-refractivity contribution in [3.63, 3.8) is 0 Å². The van der Waals surface area contributed by atoms with Crippen molar-refractivity contribution in [2.24, 2.45) is 5.73 Å². The Morgan fingerprint density at radius 3 is 2.15 bits per heavy atom. The summed E-state index contributed by atoms with van der Waals surface area (Å²) in [7, 11) is 1.65. The number of hydrogen-bond donors (Lipinski definition) is 1. The fourth-order valence-electron chi connectivity index (χ4n) is 2.09. The Morgan fingerprint density at radius 2 is 1.60 bits per heavy atom. The first-order valence-corrected chi connectivity index (χ1v) is 6.75. The molecule has 3 heteroatoms. The molecule has 2 aromatic rings. The smallest absolute Gasteiger partial charge is 0.127 e. The molecule has 0 aliphatic heterocycles. The third-order valence-corrected chi connectivity index (χ3v) is 3.15. The van der Waals surface area contributed by atoms with Crippen LogP contribution in [0.3, 0.4) is 0 Å². The molecule has 20 heavy (non-hydrogen) atoms. The van der Waals surface area contributed by atoms with Gasteiger partial charge in [-0.15, -0.1) is 0 Å². The second-order valence-corrected chi connectivity index (χ2v) is 5.05. The van der Waals surface area contributed by atoms with E-state index in [1.54, 1.807) is 7.11 Å². The maximum atomic E-state index is 5.84. The van der Waals surface area contributed by atoms with E-state index < -0.39 is 0 Å². The second-order valence-electron chi connectivity index (χ2n) is 5.05. The van der Waals surface area contributed by atoms with E-state index in [0.29, 0.717) is 0 Å². The molecule has 0 aliphatic carbocycles. The highest BCUT2D eigenvalue weighted by atomic mass is 16.5. The molecule has 0 saturated carbocycles. The molecule has 0 fully saturated rings. The van der Waals surface area contributed by atoms with E-state index in [9.17, 15) is 0 Å². The molecule has 0 bridgehead atoms. The standard InChI is InChI=1S/C17H21NO2/c1-12-10-17(5-4-14(12)11-13(2)18)20-16-8-6-15(19-3)7-9-16/h4-10,13H,11,18H2,1-3H3. The monoisotopic (exact) mass is 271 g/mol. The lowest BCUT2D eigenvalue weighted by Gasteiger charge is -2.12. The third-order valence-electron chi connectivity index (χ3n) is 3.15. The van der Waals surface area contributed by atoms with Gasteiger partial charge in [0.05, 0.1) is 7.11 Å². The molecule has 1 atom stereocenters. The zero-order valence-electron chi connectivity index (χ0n) is 12.2. The van der Waals surface area contributed by atoms with Gasteiger partial charge in [-0.3, -0.25) is 0 Å². The first-order chi connectivity index (χ1) is 9.58. The summed E-state index contributed by atoms with van der Waals surface area (Å²) in [4.78, 5) is 0. The van der Waals surface area contributed by atoms with Gasteiger partial charge in [0.1, 0.15) is 17.2 Å². The molecular weight excluding hydrogens is 250 g/mol. The molecule has 3 nitrogen and oxygen atoms in total. The highest BCUT2D eigenvalue weighted by Gasteiger charge is 2.04. The van der Waals surface area contributed by atoms with Crippen molar-refractivity contribution in [2.75, 3.05) is 7.11 Å². The van der Waals surface area contributed by atoms with Gasteiger partial charge in [-0.2, -0.15) is 0 Å². The van der Waals surface area contributed by atoms with Gasteiger partial charge in [0, 0.05) is 6.04 Å². The molecule has 106 valence electrons. The quantitative estimate of drug-likeness (QED) is 0.902. The van der Waals surface area contributed by atoms with Gasteiger partial charge in [0.2, 0.25) is 0 Å². The molecular formula is C17H21NO2. The van der Waals surface area contributed by atoms with E-state index in [0.717, 1.165) is 23.7 Å². The number of rotatable bonds is 5. The molecule has 0 radical (unpaired) electrons. The van der Waals surface area contributed by atoms with Crippen molar-refractivity contribution in [1.82, 2.24) is 0 Å². The Bertz CT molecular complexity index is 562. The Labute approximate surface area is 120 Å². The second kappa shape index (κ2) is 6.44. The predicted octanol–water partition coefficient (Wildman–Crippen LogP) is 3.69. The highest BCUT2D eigenvalue weighted by Crippen LogP contribution is 2.25. The minimum absolute atomic E-state index is 0.169. The first kappa shape index (κ1) is 14.4. The zero-order valence-corrected chi connectivity index (χ0v) is 12.2. The van der Waals surface area contributed by atoms with Crippen LogP contribution < -0.4 is 15.2 Å². The maximum Gasteiger partial charge on any atom is 0.127 e. The molecule has 2 rings (SSSR count). The lowest BCUT2D eigenvalue weighted by atomic mass is 10.0. The van der Waals surface area contributed by atoms with Gasteiger partial charge < -0.3 is 15.2 Å². The van der Waals surface area contributed by atoms with E-state index in [4.69, 9.17) is 15.2 Å². The summed E-state index contributed by atoms with van der Waals surface area (Å²) in [6.45, 7) is 4.10. The van der Waals surface area contributed by atoms with Gasteiger partial charge in [-0.1, -0.05) is 6.07 Å². The van der Waals surface area contributed by atoms with Gasteiger partial charge >= 0.3 is 0 Å². The van der Waals surface area contributed by atoms with Crippen LogP contribution in [0.15, 0.2) is 42.5 Å². The number of nitrogens with two attached hydrogens (primary N) is 1. The molecule has 0 saturated heterocycles. The minimum atomic E-state index is 0.169. The highest BCUT2D eigenvalue weighted by molar-refractivity contribution is 5.39. The fraction of sp³-hybridized carbons (Fsp3) is 0.294. The van der Waals surface area contributed by atoms with Crippen LogP contribution in [0.4, 0.5) is 0 Å². The summed E-state index contributed by atoms with van der Waals surface area (Å²) in [5.41, 5.74) is 8.31. The van der Waals surface area contributed by atoms with Crippen LogP contribution in [0.25, 0.3) is 0 Å². The first-order valence-electron chi connectivity index (χ1n) is 6.75. The number of benzene rings is 2. The van der Waals surface area contributed by atoms with Crippen LogP contribution in [0, 0.1) is 6.92 Å². The van der Waals surface area contributed by atoms with E-state index in [2.05, 4.69) is 13.0 Å². The molecule has 0 heterocycles. The predicted molar refractivity (Wildman–Crippen MR) is 81.6 cm³/mol. The van der Waals surface area contributed by atoms with Crippen molar-refractivity contribution in [1.29, 1.82) is 0 Å². The maximum absolute atomic E-state index is 5.84. The van der Waals surface area contributed by atoms with Crippen LogP contribution in [0.1, 0.15) is 18.1 Å². The topological polar surface area (TPSA) is 44.5 Å². The molecule has 0 spiro atoms. The van der Waals surface area contributed by atoms with Gasteiger partial charge in [0.25, 0.3) is 0 Å². The molecule has 2 N–H and O–H groups in total. The SMILES string of the molecule is COc1ccc(Oc2ccc(CC(C)N)c(C)c2)cc1. The van der Waals surface area contributed by atoms with Crippen molar-refractivity contribution >= 4 is 0 Å². The molecule has 0 amide bonds. The molecule has 0 aromatic heterocycles. The van der Waals surface area contributed by atoms with Crippen molar-refractivity contribution in [3.05, 3.63) is 53.6 Å². The van der Waals surface area contributed by atoms with Gasteiger partial charge in [-0.05, 0) is 67.8 Å². The van der Waals surface area contributed by atoms with E-state index in [1.807, 2.05) is 43.3 Å². The summed E-state index contributed by atoms with van der Waals surface area (Å²) in [6.07, 6.45) is 0.884. The van der Waals surface area contributed by atoms with Crippen LogP contribution in [-0.4, -0.2) is 13.2 Å². The normalized spacial score (nSPS) is 12.0.